The molecule has 0 amide bonds. The second-order valence-corrected chi connectivity index (χ2v) is 11.4. The lowest BCUT2D eigenvalue weighted by Crippen LogP contribution is -2.62. The van der Waals surface area contributed by atoms with E-state index >= 15 is 0 Å². The van der Waals surface area contributed by atoms with Crippen LogP contribution in [-0.4, -0.2) is 111 Å². The Bertz CT molecular complexity index is 916. The Kier molecular flexibility index (Phi) is 8.49. The number of carbonyl (C=O) groups excluding carboxylic acids is 1. The molecule has 7 N–H and O–H groups in total. The first kappa shape index (κ1) is 28.6. The number of ether oxygens (including phenoxy) is 3. The Morgan fingerprint density at radius 1 is 1.05 bits per heavy atom. The molecule has 0 spiro atoms. The average Bonchev–Trinajstić information content (AvgIpc) is 3.25. The van der Waals surface area contributed by atoms with Crippen LogP contribution in [-0.2, 0) is 19.0 Å². The van der Waals surface area contributed by atoms with Crippen molar-refractivity contribution in [2.24, 2.45) is 16.7 Å². The highest BCUT2D eigenvalue weighted by Crippen LogP contribution is 2.60. The Labute approximate surface area is 216 Å². The van der Waals surface area contributed by atoms with Gasteiger partial charge in [-0.15, -0.1) is 0 Å². The lowest BCUT2D eigenvalue weighted by molar-refractivity contribution is -0.313. The van der Waals surface area contributed by atoms with Crippen molar-refractivity contribution in [1.29, 1.82) is 0 Å². The summed E-state index contributed by atoms with van der Waals surface area (Å²) in [5.41, 5.74) is 1.15. The number of allylic oxidation sites excluding steroid dienone is 1. The number of esters is 1. The highest BCUT2D eigenvalue weighted by molar-refractivity contribution is 5.85. The number of aliphatic hydroxyl groups is 7. The van der Waals surface area contributed by atoms with Crippen LogP contribution in [0.25, 0.3) is 0 Å². The van der Waals surface area contributed by atoms with Crippen LogP contribution in [0.15, 0.2) is 22.8 Å². The minimum atomic E-state index is -1.61. The number of cyclic esters (lactones) is 1. The topological polar surface area (TPSA) is 186 Å². The van der Waals surface area contributed by atoms with Gasteiger partial charge in [-0.2, -0.15) is 0 Å². The van der Waals surface area contributed by atoms with Gasteiger partial charge in [-0.1, -0.05) is 18.1 Å². The van der Waals surface area contributed by atoms with Gasteiger partial charge < -0.3 is 50.0 Å². The fourth-order valence-corrected chi connectivity index (χ4v) is 7.30. The Balaban J connectivity index is 1.59. The van der Waals surface area contributed by atoms with Gasteiger partial charge in [0.25, 0.3) is 0 Å². The third-order valence-electron chi connectivity index (χ3n) is 8.87. The summed E-state index contributed by atoms with van der Waals surface area (Å²) in [4.78, 5) is 11.5. The lowest BCUT2D eigenvalue weighted by Gasteiger charge is -2.59. The van der Waals surface area contributed by atoms with E-state index in [2.05, 4.69) is 0 Å². The first-order valence-electron chi connectivity index (χ1n) is 12.9. The van der Waals surface area contributed by atoms with Gasteiger partial charge in [-0.25, -0.2) is 4.79 Å². The van der Waals surface area contributed by atoms with Crippen LogP contribution < -0.4 is 0 Å². The summed E-state index contributed by atoms with van der Waals surface area (Å²) in [5.74, 6) is -0.867. The zero-order valence-electron chi connectivity index (χ0n) is 21.3. The number of aliphatic hydroxyl groups excluding tert-OH is 7. The maximum absolute atomic E-state index is 11.5. The molecule has 1 saturated carbocycles. The molecule has 2 aliphatic heterocycles. The van der Waals surface area contributed by atoms with Gasteiger partial charge in [0.05, 0.1) is 32.0 Å². The highest BCUT2D eigenvalue weighted by Gasteiger charge is 2.60. The number of hydrogen-bond acceptors (Lipinski definition) is 11. The third kappa shape index (κ3) is 5.26. The van der Waals surface area contributed by atoms with Gasteiger partial charge in [-0.05, 0) is 50.0 Å². The first-order chi connectivity index (χ1) is 17.5. The van der Waals surface area contributed by atoms with Crippen LogP contribution in [0.1, 0.15) is 46.0 Å². The van der Waals surface area contributed by atoms with Gasteiger partial charge in [0.1, 0.15) is 31.0 Å². The molecule has 10 atom stereocenters. The number of rotatable bonds is 8. The molecular weight excluding hydrogens is 488 g/mol. The van der Waals surface area contributed by atoms with Crippen LogP contribution in [0.2, 0.25) is 0 Å². The number of carbonyl (C=O) groups is 1. The van der Waals surface area contributed by atoms with Crippen LogP contribution in [0.3, 0.4) is 0 Å². The molecular formula is C26H40O11. The fraction of sp³-hybridized carbons (Fsp3) is 0.808. The number of fused-ring (bicyclic) bond motifs is 1. The molecule has 0 bridgehead atoms. The highest BCUT2D eigenvalue weighted by atomic mass is 16.7. The van der Waals surface area contributed by atoms with Gasteiger partial charge >= 0.3 is 5.97 Å². The van der Waals surface area contributed by atoms with Crippen molar-refractivity contribution in [3.05, 3.63) is 22.8 Å². The molecule has 0 aromatic rings. The van der Waals surface area contributed by atoms with Crippen molar-refractivity contribution in [1.82, 2.24) is 0 Å². The molecule has 2 aliphatic carbocycles. The van der Waals surface area contributed by atoms with Crippen LogP contribution >= 0.6 is 0 Å². The summed E-state index contributed by atoms with van der Waals surface area (Å²) in [5, 5.41) is 73.1. The average molecular weight is 529 g/mol. The molecule has 0 aromatic heterocycles. The molecule has 0 unspecified atom stereocenters. The number of hydrogen-bond donors (Lipinski definition) is 7. The predicted octanol–water partition coefficient (Wildman–Crippen LogP) is -1.10. The van der Waals surface area contributed by atoms with E-state index in [0.717, 1.165) is 16.7 Å². The van der Waals surface area contributed by atoms with Gasteiger partial charge in [0.15, 0.2) is 6.29 Å². The summed E-state index contributed by atoms with van der Waals surface area (Å²) in [6.07, 6.45) is -5.34. The summed E-state index contributed by atoms with van der Waals surface area (Å²) in [7, 11) is 0. The minimum Gasteiger partial charge on any atom is -0.458 e. The smallest absolute Gasteiger partial charge is 0.331 e. The van der Waals surface area contributed by atoms with E-state index in [-0.39, 0.29) is 25.6 Å². The summed E-state index contributed by atoms with van der Waals surface area (Å²) in [6, 6.07) is 0. The molecule has 210 valence electrons. The molecule has 4 aliphatic rings. The Morgan fingerprint density at radius 2 is 1.78 bits per heavy atom. The second-order valence-electron chi connectivity index (χ2n) is 11.4. The minimum absolute atomic E-state index is 0.137. The monoisotopic (exact) mass is 528 g/mol. The largest absolute Gasteiger partial charge is 0.458 e. The van der Waals surface area contributed by atoms with Crippen molar-refractivity contribution in [3.8, 4) is 0 Å². The molecule has 0 radical (unpaired) electrons. The molecule has 2 heterocycles. The molecule has 1 saturated heterocycles. The van der Waals surface area contributed by atoms with Gasteiger partial charge in [0.2, 0.25) is 0 Å². The van der Waals surface area contributed by atoms with Crippen LogP contribution in [0, 0.1) is 16.7 Å². The third-order valence-corrected chi connectivity index (χ3v) is 8.87. The van der Waals surface area contributed by atoms with E-state index in [1.807, 2.05) is 13.8 Å². The summed E-state index contributed by atoms with van der Waals surface area (Å²) < 4.78 is 16.4. The molecule has 37 heavy (non-hydrogen) atoms. The summed E-state index contributed by atoms with van der Waals surface area (Å²) in [6.45, 7) is 2.96. The zero-order valence-corrected chi connectivity index (χ0v) is 21.3. The standard InChI is InChI=1S/C26H40O11/c1-13-5-17(30)23-25(2,16(13)4-3-14-6-19(31)35-10-14)7-15(29)8-26(23,11-28)12-36-24-22(34)21(33)20(32)18(9-27)37-24/h6,15,17-18,20-24,27-30,32-34H,3-5,7-12H2,1-2H3/t15-,17+,18-,20-,21-,22-,23-,24-,25-,26+/m1/s1. The zero-order chi connectivity index (χ0) is 27.1. The van der Waals surface area contributed by atoms with Gasteiger partial charge in [-0.3, -0.25) is 0 Å². The van der Waals surface area contributed by atoms with Crippen molar-refractivity contribution < 1.29 is 54.8 Å². The van der Waals surface area contributed by atoms with E-state index in [1.54, 1.807) is 0 Å². The van der Waals surface area contributed by atoms with E-state index in [9.17, 15) is 40.5 Å². The summed E-state index contributed by atoms with van der Waals surface area (Å²) >= 11 is 0. The molecule has 11 heteroatoms. The van der Waals surface area contributed by atoms with Gasteiger partial charge in [0, 0.05) is 17.4 Å². The fourth-order valence-electron chi connectivity index (χ4n) is 7.30. The quantitative estimate of drug-likeness (QED) is 0.150. The SMILES string of the molecule is CC1=C(CCC2=CC(=O)OC2)[C@@]2(C)C[C@@H](O)C[C@](CO)(CO[C@@H]3O[C@H](CO)[C@@H](O)[C@@H](O)[C@H]3O)[C@@H]2[C@@H](O)C1. The van der Waals surface area contributed by atoms with Crippen molar-refractivity contribution in [2.75, 3.05) is 26.4 Å². The Morgan fingerprint density at radius 3 is 2.41 bits per heavy atom. The van der Waals surface area contributed by atoms with Crippen LogP contribution in [0.5, 0.6) is 0 Å². The maximum atomic E-state index is 11.5. The molecule has 4 rings (SSSR count). The second kappa shape index (κ2) is 11.0. The predicted molar refractivity (Wildman–Crippen MR) is 128 cm³/mol. The Hall–Kier alpha value is -1.41. The van der Waals surface area contributed by atoms with Crippen LogP contribution in [0.4, 0.5) is 0 Å². The lowest BCUT2D eigenvalue weighted by atomic mass is 9.47. The maximum Gasteiger partial charge on any atom is 0.331 e. The van der Waals surface area contributed by atoms with Crippen molar-refractivity contribution in [3.63, 3.8) is 0 Å². The van der Waals surface area contributed by atoms with E-state index in [1.165, 1.54) is 6.08 Å². The van der Waals surface area contributed by atoms with Crippen molar-refractivity contribution >= 4 is 5.97 Å². The van der Waals surface area contributed by atoms with Crippen molar-refractivity contribution in [2.45, 2.75) is 88.9 Å². The normalized spacial score (nSPS) is 44.5. The molecule has 11 nitrogen and oxygen atoms in total. The molecule has 0 aromatic carbocycles. The first-order valence-corrected chi connectivity index (χ1v) is 12.9. The molecule has 2 fully saturated rings. The van der Waals surface area contributed by atoms with E-state index in [0.29, 0.717) is 25.7 Å². The van der Waals surface area contributed by atoms with E-state index in [4.69, 9.17) is 14.2 Å². The van der Waals surface area contributed by atoms with E-state index < -0.39 is 72.9 Å².